The molecule has 2 aromatic rings. The third kappa shape index (κ3) is 3.95. The molecule has 2 aromatic carbocycles. The zero-order valence-electron chi connectivity index (χ0n) is 17.6. The van der Waals surface area contributed by atoms with Crippen LogP contribution in [0.1, 0.15) is 27.9 Å². The number of halogens is 3. The molecule has 0 bridgehead atoms. The van der Waals surface area contributed by atoms with Crippen molar-refractivity contribution in [2.45, 2.75) is 24.1 Å². The molecule has 1 aliphatic carbocycles. The molecule has 1 saturated heterocycles. The van der Waals surface area contributed by atoms with Crippen LogP contribution in [0.15, 0.2) is 42.5 Å². The summed E-state index contributed by atoms with van der Waals surface area (Å²) in [5.74, 6) is -6.01. The van der Waals surface area contributed by atoms with Crippen LogP contribution in [0.25, 0.3) is 11.1 Å². The molecule has 33 heavy (non-hydrogen) atoms. The van der Waals surface area contributed by atoms with Crippen molar-refractivity contribution in [3.05, 3.63) is 59.2 Å². The summed E-state index contributed by atoms with van der Waals surface area (Å²) in [4.78, 5) is 37.5. The highest BCUT2D eigenvalue weighted by Crippen LogP contribution is 2.50. The first kappa shape index (κ1) is 22.8. The van der Waals surface area contributed by atoms with Crippen molar-refractivity contribution in [3.63, 3.8) is 0 Å². The number of hydrogen-bond donors (Lipinski definition) is 2. The number of methoxy groups -OCH3 is 1. The van der Waals surface area contributed by atoms with Gasteiger partial charge in [-0.05, 0) is 23.3 Å². The third-order valence-electron chi connectivity index (χ3n) is 5.97. The fourth-order valence-electron chi connectivity index (χ4n) is 4.46. The van der Waals surface area contributed by atoms with Crippen molar-refractivity contribution >= 4 is 17.8 Å². The van der Waals surface area contributed by atoms with Crippen molar-refractivity contribution in [2.75, 3.05) is 26.8 Å². The van der Waals surface area contributed by atoms with Gasteiger partial charge in [-0.3, -0.25) is 9.59 Å². The number of carbonyl (C=O) groups excluding carboxylic acids is 2. The molecule has 2 N–H and O–H groups in total. The summed E-state index contributed by atoms with van der Waals surface area (Å²) in [5.41, 5.74) is -1.76. The highest BCUT2D eigenvalue weighted by atomic mass is 19.3. The second-order valence-corrected chi connectivity index (χ2v) is 8.23. The molecular weight excluding hydrogens is 441 g/mol. The van der Waals surface area contributed by atoms with Crippen molar-refractivity contribution in [1.82, 2.24) is 10.2 Å². The molecule has 1 heterocycles. The Bertz CT molecular complexity index is 1140. The molecule has 0 spiro atoms. The van der Waals surface area contributed by atoms with E-state index in [4.69, 9.17) is 4.74 Å². The number of hydrogen-bond acceptors (Lipinski definition) is 4. The maximum Gasteiger partial charge on any atom is 0.326 e. The van der Waals surface area contributed by atoms with Crippen LogP contribution in [-0.2, 0) is 20.2 Å². The number of nitrogens with zero attached hydrogens (tertiary/aromatic N) is 1. The van der Waals surface area contributed by atoms with E-state index in [0.717, 1.165) is 4.90 Å². The zero-order valence-corrected chi connectivity index (χ0v) is 17.6. The maximum atomic E-state index is 14.8. The Balaban J connectivity index is 1.48. The van der Waals surface area contributed by atoms with E-state index in [2.05, 4.69) is 5.32 Å². The predicted molar refractivity (Wildman–Crippen MR) is 111 cm³/mol. The largest absolute Gasteiger partial charge is 0.480 e. The number of rotatable bonds is 6. The molecule has 0 aromatic heterocycles. The van der Waals surface area contributed by atoms with Crippen molar-refractivity contribution in [2.24, 2.45) is 0 Å². The number of benzene rings is 2. The van der Waals surface area contributed by atoms with Crippen LogP contribution in [0, 0.1) is 0 Å². The summed E-state index contributed by atoms with van der Waals surface area (Å²) in [7, 11) is 1.27. The second kappa shape index (κ2) is 8.18. The van der Waals surface area contributed by atoms with Crippen molar-refractivity contribution in [1.29, 1.82) is 0 Å². The Morgan fingerprint density at radius 2 is 1.82 bits per heavy atom. The zero-order chi connectivity index (χ0) is 24.0. The fraction of sp³-hybridized carbons (Fsp3) is 0.348. The van der Waals surface area contributed by atoms with Crippen LogP contribution in [-0.4, -0.2) is 66.3 Å². The van der Waals surface area contributed by atoms with Crippen LogP contribution in [0.3, 0.4) is 0 Å². The van der Waals surface area contributed by atoms with E-state index < -0.39 is 54.9 Å². The monoisotopic (exact) mass is 462 g/mol. The van der Waals surface area contributed by atoms with E-state index in [1.54, 1.807) is 12.1 Å². The fourth-order valence-corrected chi connectivity index (χ4v) is 4.46. The molecule has 7 nitrogen and oxygen atoms in total. The second-order valence-electron chi connectivity index (χ2n) is 8.23. The minimum atomic E-state index is -3.18. The molecule has 2 atom stereocenters. The summed E-state index contributed by atoms with van der Waals surface area (Å²) >= 11 is 0. The van der Waals surface area contributed by atoms with E-state index in [9.17, 15) is 32.7 Å². The Morgan fingerprint density at radius 1 is 1.12 bits per heavy atom. The number of fused-ring (bicyclic) bond motifs is 3. The lowest BCUT2D eigenvalue weighted by molar-refractivity contribution is -0.147. The first-order valence-corrected chi connectivity index (χ1v) is 10.2. The van der Waals surface area contributed by atoms with Gasteiger partial charge in [-0.1, -0.05) is 30.3 Å². The van der Waals surface area contributed by atoms with E-state index in [-0.39, 0.29) is 28.9 Å². The summed E-state index contributed by atoms with van der Waals surface area (Å²) in [6.07, 6.45) is -0.422. The molecular formula is C23H21F3N2O5. The van der Waals surface area contributed by atoms with Crippen LogP contribution in [0.2, 0.25) is 0 Å². The highest BCUT2D eigenvalue weighted by molar-refractivity contribution is 5.99. The van der Waals surface area contributed by atoms with Gasteiger partial charge in [0.05, 0.1) is 19.7 Å². The van der Waals surface area contributed by atoms with Gasteiger partial charge in [0.15, 0.2) is 5.67 Å². The minimum absolute atomic E-state index is 0.0597. The number of ether oxygens (including phenoxy) is 1. The van der Waals surface area contributed by atoms with Gasteiger partial charge in [-0.15, -0.1) is 0 Å². The predicted octanol–water partition coefficient (Wildman–Crippen LogP) is 2.58. The quantitative estimate of drug-likeness (QED) is 0.688. The molecule has 0 radical (unpaired) electrons. The van der Waals surface area contributed by atoms with E-state index in [0.29, 0.717) is 5.56 Å². The number of likely N-dealkylation sites (tertiary alicyclic amines) is 1. The summed E-state index contributed by atoms with van der Waals surface area (Å²) < 4.78 is 48.9. The Labute approximate surface area is 187 Å². The molecule has 1 fully saturated rings. The van der Waals surface area contributed by atoms with Crippen molar-refractivity contribution in [3.8, 4) is 11.1 Å². The number of amides is 2. The lowest BCUT2D eigenvalue weighted by Crippen LogP contribution is -2.46. The number of carboxylic acids is 1. The SMILES string of the molecule is COC[C@@]1(F)C[C@@H](C(=O)O)N(C(=O)CNC(=O)c2ccc3c(c2)-c2ccccc2C3(F)F)C1. The van der Waals surface area contributed by atoms with Gasteiger partial charge in [0, 0.05) is 30.2 Å². The van der Waals surface area contributed by atoms with Crippen molar-refractivity contribution < 1.29 is 37.4 Å². The first-order valence-electron chi connectivity index (χ1n) is 10.2. The van der Waals surface area contributed by atoms with Crippen LogP contribution in [0.5, 0.6) is 0 Å². The first-order chi connectivity index (χ1) is 15.6. The van der Waals surface area contributed by atoms with Gasteiger partial charge >= 0.3 is 5.97 Å². The van der Waals surface area contributed by atoms with E-state index in [1.165, 1.54) is 37.4 Å². The van der Waals surface area contributed by atoms with E-state index in [1.807, 2.05) is 0 Å². The summed E-state index contributed by atoms with van der Waals surface area (Å²) in [6.45, 7) is -1.42. The molecule has 2 aliphatic rings. The van der Waals surface area contributed by atoms with Gasteiger partial charge in [-0.25, -0.2) is 9.18 Å². The standard InChI is InChI=1S/C23H21F3N2O5/c1-33-12-22(24)9-18(21(31)32)28(11-22)19(29)10-27-20(30)13-6-7-17-15(8-13)14-4-2-3-5-16(14)23(17,25)26/h2-8,18H,9-12H2,1H3,(H,27,30)(H,31,32)/t18-,22+/m0/s1. The molecule has 2 amide bonds. The lowest BCUT2D eigenvalue weighted by atomic mass is 10.0. The molecule has 0 unspecified atom stereocenters. The maximum absolute atomic E-state index is 14.8. The molecule has 174 valence electrons. The Hall–Kier alpha value is -3.40. The highest BCUT2D eigenvalue weighted by Gasteiger charge is 2.49. The number of carboxylic acid groups (broad SMARTS) is 1. The van der Waals surface area contributed by atoms with Gasteiger partial charge in [0.1, 0.15) is 6.04 Å². The van der Waals surface area contributed by atoms with Crippen LogP contribution >= 0.6 is 0 Å². The average Bonchev–Trinajstić information content (AvgIpc) is 3.25. The molecule has 10 heteroatoms. The van der Waals surface area contributed by atoms with Gasteiger partial charge < -0.3 is 20.1 Å². The Kier molecular flexibility index (Phi) is 5.65. The summed E-state index contributed by atoms with van der Waals surface area (Å²) in [6, 6.07) is 8.37. The van der Waals surface area contributed by atoms with Crippen LogP contribution in [0.4, 0.5) is 13.2 Å². The molecule has 1 aliphatic heterocycles. The average molecular weight is 462 g/mol. The third-order valence-corrected chi connectivity index (χ3v) is 5.97. The number of carbonyl (C=O) groups is 3. The van der Waals surface area contributed by atoms with Crippen LogP contribution < -0.4 is 5.32 Å². The smallest absolute Gasteiger partial charge is 0.326 e. The Morgan fingerprint density at radius 3 is 2.52 bits per heavy atom. The number of alkyl halides is 3. The topological polar surface area (TPSA) is 95.9 Å². The minimum Gasteiger partial charge on any atom is -0.480 e. The summed E-state index contributed by atoms with van der Waals surface area (Å²) in [5, 5.41) is 11.7. The number of nitrogens with one attached hydrogen (secondary N) is 1. The lowest BCUT2D eigenvalue weighted by Gasteiger charge is -2.22. The van der Waals surface area contributed by atoms with Gasteiger partial charge in [0.2, 0.25) is 5.91 Å². The van der Waals surface area contributed by atoms with Gasteiger partial charge in [-0.2, -0.15) is 8.78 Å². The molecule has 4 rings (SSSR count). The van der Waals surface area contributed by atoms with E-state index >= 15 is 0 Å². The number of aliphatic carboxylic acids is 1. The molecule has 0 saturated carbocycles. The van der Waals surface area contributed by atoms with Gasteiger partial charge in [0.25, 0.3) is 11.8 Å². The normalized spacial score (nSPS) is 22.5.